The summed E-state index contributed by atoms with van der Waals surface area (Å²) in [5, 5.41) is 23.2. The van der Waals surface area contributed by atoms with Gasteiger partial charge in [-0.1, -0.05) is 0 Å². The van der Waals surface area contributed by atoms with Crippen LogP contribution in [-0.4, -0.2) is 70.1 Å². The number of carbonyl (C=O) groups excluding carboxylic acids is 3. The second-order valence-corrected chi connectivity index (χ2v) is 6.17. The second-order valence-electron chi connectivity index (χ2n) is 5.18. The van der Waals surface area contributed by atoms with E-state index in [0.717, 1.165) is 0 Å². The molecule has 0 unspecified atom stereocenters. The fraction of sp³-hybridized carbons (Fsp3) is 0.692. The first kappa shape index (κ1) is 22.1. The number of carbonyl (C=O) groups is 4. The Balaban J connectivity index is 4.90. The molecule has 0 aromatic rings. The third-order valence-electron chi connectivity index (χ3n) is 3.05. The van der Waals surface area contributed by atoms with Crippen LogP contribution in [0.2, 0.25) is 0 Å². The van der Waals surface area contributed by atoms with Crippen molar-refractivity contribution in [3.8, 4) is 0 Å². The molecule has 0 fully saturated rings. The van der Waals surface area contributed by atoms with Gasteiger partial charge in [0.1, 0.15) is 12.1 Å². The minimum Gasteiger partial charge on any atom is -0.480 e. The molecule has 0 aromatic heterocycles. The Morgan fingerprint density at radius 3 is 2.17 bits per heavy atom. The molecular formula is C13H24N4O6S. The standard InChI is InChI=1S/C13H24N4O6S/c1-6(18)10(17-11(20)7(14)5-9(15)19)12(21)16-8(13(22)23)3-4-24-2/h6-8,10,18H,3-5,14H2,1-2H3,(H2,15,19)(H,16,21)(H,17,20)(H,22,23)/t6-,7+,8+,10+/m1/s1. The summed E-state index contributed by atoms with van der Waals surface area (Å²) in [5.41, 5.74) is 10.4. The predicted octanol–water partition coefficient (Wildman–Crippen LogP) is -2.62. The average Bonchev–Trinajstić information content (AvgIpc) is 2.46. The Hall–Kier alpha value is -1.85. The number of aliphatic carboxylic acids is 1. The highest BCUT2D eigenvalue weighted by atomic mass is 32.2. The molecular weight excluding hydrogens is 340 g/mol. The van der Waals surface area contributed by atoms with Crippen LogP contribution in [0.1, 0.15) is 19.8 Å². The number of aliphatic hydroxyl groups is 1. The summed E-state index contributed by atoms with van der Waals surface area (Å²) < 4.78 is 0. The number of rotatable bonds is 11. The maximum atomic E-state index is 12.2. The van der Waals surface area contributed by atoms with Gasteiger partial charge in [-0.3, -0.25) is 14.4 Å². The third kappa shape index (κ3) is 8.13. The van der Waals surface area contributed by atoms with E-state index in [1.54, 1.807) is 6.26 Å². The van der Waals surface area contributed by atoms with Gasteiger partial charge in [0.25, 0.3) is 0 Å². The average molecular weight is 364 g/mol. The normalized spacial score (nSPS) is 15.7. The highest BCUT2D eigenvalue weighted by Crippen LogP contribution is 2.03. The van der Waals surface area contributed by atoms with Gasteiger partial charge in [0.05, 0.1) is 18.6 Å². The lowest BCUT2D eigenvalue weighted by molar-refractivity contribution is -0.143. The van der Waals surface area contributed by atoms with Crippen molar-refractivity contribution in [1.29, 1.82) is 0 Å². The van der Waals surface area contributed by atoms with Crippen LogP contribution in [0.4, 0.5) is 0 Å². The molecule has 0 spiro atoms. The minimum atomic E-state index is -1.41. The van der Waals surface area contributed by atoms with Crippen LogP contribution in [0.5, 0.6) is 0 Å². The summed E-state index contributed by atoms with van der Waals surface area (Å²) in [6.07, 6.45) is 0.249. The quantitative estimate of drug-likeness (QED) is 0.230. The lowest BCUT2D eigenvalue weighted by Gasteiger charge is -2.24. The minimum absolute atomic E-state index is 0.184. The van der Waals surface area contributed by atoms with Gasteiger partial charge < -0.3 is 32.3 Å². The molecule has 0 aliphatic rings. The molecule has 0 heterocycles. The van der Waals surface area contributed by atoms with E-state index < -0.39 is 54.3 Å². The molecule has 0 aliphatic carbocycles. The number of carboxylic acids is 1. The summed E-state index contributed by atoms with van der Waals surface area (Å²) in [6, 6.07) is -3.83. The van der Waals surface area contributed by atoms with E-state index in [4.69, 9.17) is 16.6 Å². The largest absolute Gasteiger partial charge is 0.480 e. The monoisotopic (exact) mass is 364 g/mol. The fourth-order valence-electron chi connectivity index (χ4n) is 1.73. The first-order valence-electron chi connectivity index (χ1n) is 7.14. The Bertz CT molecular complexity index is 473. The van der Waals surface area contributed by atoms with E-state index in [1.807, 2.05) is 0 Å². The molecule has 0 bridgehead atoms. The van der Waals surface area contributed by atoms with Crippen LogP contribution in [0.3, 0.4) is 0 Å². The third-order valence-corrected chi connectivity index (χ3v) is 3.69. The van der Waals surface area contributed by atoms with E-state index in [2.05, 4.69) is 10.6 Å². The molecule has 0 rings (SSSR count). The van der Waals surface area contributed by atoms with Gasteiger partial charge >= 0.3 is 5.97 Å². The maximum Gasteiger partial charge on any atom is 0.326 e. The molecule has 4 atom stereocenters. The van der Waals surface area contributed by atoms with Crippen molar-refractivity contribution >= 4 is 35.5 Å². The van der Waals surface area contributed by atoms with Crippen molar-refractivity contribution < 1.29 is 29.4 Å². The fourth-order valence-corrected chi connectivity index (χ4v) is 2.20. The van der Waals surface area contributed by atoms with Crippen molar-refractivity contribution in [2.24, 2.45) is 11.5 Å². The Morgan fingerprint density at radius 2 is 1.75 bits per heavy atom. The predicted molar refractivity (Wildman–Crippen MR) is 88.0 cm³/mol. The van der Waals surface area contributed by atoms with Gasteiger partial charge in [0.15, 0.2) is 0 Å². The van der Waals surface area contributed by atoms with Crippen LogP contribution >= 0.6 is 11.8 Å². The molecule has 138 valence electrons. The first-order chi connectivity index (χ1) is 11.1. The van der Waals surface area contributed by atoms with Crippen molar-refractivity contribution in [3.05, 3.63) is 0 Å². The van der Waals surface area contributed by atoms with Gasteiger partial charge in [-0.05, 0) is 25.4 Å². The molecule has 0 aliphatic heterocycles. The number of hydrogen-bond acceptors (Lipinski definition) is 7. The SMILES string of the molecule is CSCC[C@H](NC(=O)[C@@H](NC(=O)[C@@H](N)CC(N)=O)[C@@H](C)O)C(=O)O. The van der Waals surface area contributed by atoms with E-state index in [9.17, 15) is 24.3 Å². The summed E-state index contributed by atoms with van der Waals surface area (Å²) in [4.78, 5) is 45.9. The highest BCUT2D eigenvalue weighted by Gasteiger charge is 2.31. The Kier molecular flexibility index (Phi) is 10.0. The molecule has 24 heavy (non-hydrogen) atoms. The van der Waals surface area contributed by atoms with Crippen LogP contribution < -0.4 is 22.1 Å². The van der Waals surface area contributed by atoms with E-state index >= 15 is 0 Å². The van der Waals surface area contributed by atoms with E-state index in [-0.39, 0.29) is 6.42 Å². The number of nitrogens with one attached hydrogen (secondary N) is 2. The van der Waals surface area contributed by atoms with Gasteiger partial charge in [0.2, 0.25) is 17.7 Å². The number of thioether (sulfide) groups is 1. The molecule has 11 heteroatoms. The molecule has 0 saturated heterocycles. The van der Waals surface area contributed by atoms with Crippen molar-refractivity contribution in [1.82, 2.24) is 10.6 Å². The molecule has 8 N–H and O–H groups in total. The Labute approximate surface area is 143 Å². The van der Waals surface area contributed by atoms with Gasteiger partial charge in [-0.2, -0.15) is 11.8 Å². The van der Waals surface area contributed by atoms with Gasteiger partial charge in [-0.25, -0.2) is 4.79 Å². The van der Waals surface area contributed by atoms with Gasteiger partial charge in [-0.15, -0.1) is 0 Å². The second kappa shape index (κ2) is 10.8. The van der Waals surface area contributed by atoms with Crippen LogP contribution in [0.25, 0.3) is 0 Å². The molecule has 0 aromatic carbocycles. The molecule has 3 amide bonds. The van der Waals surface area contributed by atoms with Crippen molar-refractivity contribution in [2.45, 2.75) is 44.0 Å². The molecule has 0 saturated carbocycles. The number of hydrogen-bond donors (Lipinski definition) is 6. The summed E-state index contributed by atoms with van der Waals surface area (Å²) in [6.45, 7) is 1.25. The Morgan fingerprint density at radius 1 is 1.17 bits per heavy atom. The maximum absolute atomic E-state index is 12.2. The zero-order valence-corrected chi connectivity index (χ0v) is 14.3. The summed E-state index contributed by atoms with van der Waals surface area (Å²) >= 11 is 1.42. The number of aliphatic hydroxyl groups excluding tert-OH is 1. The van der Waals surface area contributed by atoms with E-state index in [0.29, 0.717) is 5.75 Å². The molecule has 10 nitrogen and oxygen atoms in total. The highest BCUT2D eigenvalue weighted by molar-refractivity contribution is 7.98. The van der Waals surface area contributed by atoms with Crippen molar-refractivity contribution in [3.63, 3.8) is 0 Å². The zero-order chi connectivity index (χ0) is 18.9. The van der Waals surface area contributed by atoms with Crippen LogP contribution in [0, 0.1) is 0 Å². The van der Waals surface area contributed by atoms with E-state index in [1.165, 1.54) is 18.7 Å². The summed E-state index contributed by atoms with van der Waals surface area (Å²) in [7, 11) is 0. The lowest BCUT2D eigenvalue weighted by Crippen LogP contribution is -2.58. The topological polar surface area (TPSA) is 185 Å². The number of amides is 3. The van der Waals surface area contributed by atoms with Crippen molar-refractivity contribution in [2.75, 3.05) is 12.0 Å². The number of nitrogens with two attached hydrogens (primary N) is 2. The van der Waals surface area contributed by atoms with Crippen LogP contribution in [0.15, 0.2) is 0 Å². The zero-order valence-electron chi connectivity index (χ0n) is 13.5. The number of primary amides is 1. The lowest BCUT2D eigenvalue weighted by atomic mass is 10.1. The summed E-state index contributed by atoms with van der Waals surface area (Å²) in [5.74, 6) is -3.23. The van der Waals surface area contributed by atoms with Gasteiger partial charge in [0, 0.05) is 0 Å². The molecule has 0 radical (unpaired) electrons. The first-order valence-corrected chi connectivity index (χ1v) is 8.54. The number of carboxylic acid groups (broad SMARTS) is 1. The smallest absolute Gasteiger partial charge is 0.326 e. The van der Waals surface area contributed by atoms with Crippen LogP contribution in [-0.2, 0) is 19.2 Å².